The number of fused-ring (bicyclic) bond motifs is 1. The highest BCUT2D eigenvalue weighted by Gasteiger charge is 2.46. The van der Waals surface area contributed by atoms with Crippen LogP contribution in [0.15, 0.2) is 27.4 Å². The first-order valence-corrected chi connectivity index (χ1v) is 6.04. The summed E-state index contributed by atoms with van der Waals surface area (Å²) in [7, 11) is 3.51. The molecule has 3 rings (SSSR count). The van der Waals surface area contributed by atoms with Gasteiger partial charge >= 0.3 is 11.7 Å². The number of anilines is 1. The molecule has 0 radical (unpaired) electrons. The molecule has 1 aromatic heterocycles. The quantitative estimate of drug-likeness (QED) is 0.894. The second-order valence-electron chi connectivity index (χ2n) is 4.94. The molecule has 2 atom stereocenters. The van der Waals surface area contributed by atoms with Crippen LogP contribution in [0.4, 0.5) is 5.69 Å². The third-order valence-electron chi connectivity index (χ3n) is 3.75. The maximum absolute atomic E-state index is 11.4. The number of carboxylic acids is 1. The zero-order valence-corrected chi connectivity index (χ0v) is 10.7. The minimum absolute atomic E-state index is 0.0189. The predicted octanol–water partition coefficient (Wildman–Crippen LogP) is 1.04. The lowest BCUT2D eigenvalue weighted by atomic mass is 10.2. The van der Waals surface area contributed by atoms with Gasteiger partial charge in [-0.15, -0.1) is 0 Å². The Labute approximate surface area is 108 Å². The third-order valence-corrected chi connectivity index (χ3v) is 3.75. The highest BCUT2D eigenvalue weighted by molar-refractivity contribution is 5.79. The van der Waals surface area contributed by atoms with Gasteiger partial charge in [-0.1, -0.05) is 0 Å². The van der Waals surface area contributed by atoms with Crippen LogP contribution in [0.2, 0.25) is 0 Å². The molecule has 19 heavy (non-hydrogen) atoms. The van der Waals surface area contributed by atoms with Crippen molar-refractivity contribution in [2.45, 2.75) is 12.5 Å². The van der Waals surface area contributed by atoms with Gasteiger partial charge in [0.25, 0.3) is 0 Å². The van der Waals surface area contributed by atoms with E-state index in [0.717, 1.165) is 11.2 Å². The maximum Gasteiger partial charge on any atom is 0.419 e. The summed E-state index contributed by atoms with van der Waals surface area (Å²) in [5, 5.41) is 8.94. The summed E-state index contributed by atoms with van der Waals surface area (Å²) in [5.74, 6) is -1.46. The van der Waals surface area contributed by atoms with Crippen LogP contribution in [0.1, 0.15) is 6.42 Å². The van der Waals surface area contributed by atoms with E-state index >= 15 is 0 Å². The molecule has 6 heteroatoms. The molecule has 1 saturated carbocycles. The Morgan fingerprint density at radius 3 is 2.89 bits per heavy atom. The Bertz CT molecular complexity index is 715. The molecule has 0 saturated heterocycles. The second kappa shape index (κ2) is 3.88. The SMILES string of the molecule is CN(c1ccc2c(c1)oc(=O)n2C)C1CC1C(=O)O. The molecule has 6 nitrogen and oxygen atoms in total. The Balaban J connectivity index is 1.94. The number of aromatic nitrogens is 1. The van der Waals surface area contributed by atoms with Gasteiger partial charge in [-0.3, -0.25) is 9.36 Å². The van der Waals surface area contributed by atoms with E-state index in [1.54, 1.807) is 13.1 Å². The van der Waals surface area contributed by atoms with E-state index < -0.39 is 11.7 Å². The number of benzene rings is 1. The van der Waals surface area contributed by atoms with Crippen molar-refractivity contribution in [1.82, 2.24) is 4.57 Å². The number of hydrogen-bond donors (Lipinski definition) is 1. The molecule has 0 spiro atoms. The molecule has 100 valence electrons. The summed E-state index contributed by atoms with van der Waals surface area (Å²) in [6.45, 7) is 0. The van der Waals surface area contributed by atoms with Crippen molar-refractivity contribution in [2.24, 2.45) is 13.0 Å². The van der Waals surface area contributed by atoms with Crippen LogP contribution >= 0.6 is 0 Å². The molecule has 1 aromatic carbocycles. The summed E-state index contributed by atoms with van der Waals surface area (Å²) < 4.78 is 6.57. The van der Waals surface area contributed by atoms with Gasteiger partial charge in [0.1, 0.15) is 0 Å². The fourth-order valence-corrected chi connectivity index (χ4v) is 2.41. The third kappa shape index (κ3) is 1.80. The van der Waals surface area contributed by atoms with Gasteiger partial charge in [-0.2, -0.15) is 0 Å². The minimum atomic E-state index is -0.760. The standard InChI is InChI=1S/C13H14N2O4/c1-14(10-6-8(10)12(16)17)7-3-4-9-11(5-7)19-13(18)15(9)2/h3-5,8,10H,6H2,1-2H3,(H,16,17). The van der Waals surface area contributed by atoms with Gasteiger partial charge < -0.3 is 14.4 Å². The molecule has 2 unspecified atom stereocenters. The Morgan fingerprint density at radius 1 is 1.53 bits per heavy atom. The normalized spacial score (nSPS) is 21.6. The van der Waals surface area contributed by atoms with Gasteiger partial charge in [0.05, 0.1) is 11.4 Å². The van der Waals surface area contributed by atoms with Crippen molar-refractivity contribution in [3.05, 3.63) is 28.7 Å². The first kappa shape index (κ1) is 11.8. The Hall–Kier alpha value is -2.24. The smallest absolute Gasteiger partial charge is 0.419 e. The number of aryl methyl sites for hydroxylation is 1. The van der Waals surface area contributed by atoms with Crippen molar-refractivity contribution in [3.8, 4) is 0 Å². The van der Waals surface area contributed by atoms with Crippen molar-refractivity contribution in [3.63, 3.8) is 0 Å². The van der Waals surface area contributed by atoms with E-state index in [2.05, 4.69) is 0 Å². The predicted molar refractivity (Wildman–Crippen MR) is 69.4 cm³/mol. The molecule has 0 bridgehead atoms. The summed E-state index contributed by atoms with van der Waals surface area (Å²) in [6, 6.07) is 5.47. The highest BCUT2D eigenvalue weighted by Crippen LogP contribution is 2.38. The number of nitrogens with zero attached hydrogens (tertiary/aromatic N) is 2. The topological polar surface area (TPSA) is 75.7 Å². The summed E-state index contributed by atoms with van der Waals surface area (Å²) in [4.78, 5) is 24.2. The lowest BCUT2D eigenvalue weighted by molar-refractivity contribution is -0.138. The Kier molecular flexibility index (Phi) is 2.41. The molecule has 1 heterocycles. The van der Waals surface area contributed by atoms with E-state index in [1.165, 1.54) is 4.57 Å². The van der Waals surface area contributed by atoms with Crippen LogP contribution in [-0.2, 0) is 11.8 Å². The lowest BCUT2D eigenvalue weighted by Crippen LogP contribution is -2.23. The van der Waals surface area contributed by atoms with E-state index in [-0.39, 0.29) is 12.0 Å². The molecule has 1 N–H and O–H groups in total. The van der Waals surface area contributed by atoms with Crippen LogP contribution in [0, 0.1) is 5.92 Å². The van der Waals surface area contributed by atoms with Crippen LogP contribution in [0.3, 0.4) is 0 Å². The average Bonchev–Trinajstić information content (AvgIpc) is 3.12. The van der Waals surface area contributed by atoms with Crippen LogP contribution in [-0.4, -0.2) is 28.7 Å². The van der Waals surface area contributed by atoms with Crippen molar-refractivity contribution in [2.75, 3.05) is 11.9 Å². The minimum Gasteiger partial charge on any atom is -0.481 e. The highest BCUT2D eigenvalue weighted by atomic mass is 16.4. The zero-order chi connectivity index (χ0) is 13.7. The molecule has 2 aromatic rings. The lowest BCUT2D eigenvalue weighted by Gasteiger charge is -2.18. The number of carboxylic acid groups (broad SMARTS) is 1. The van der Waals surface area contributed by atoms with E-state index in [0.29, 0.717) is 12.0 Å². The van der Waals surface area contributed by atoms with Crippen LogP contribution < -0.4 is 10.7 Å². The van der Waals surface area contributed by atoms with Gasteiger partial charge in [-0.25, -0.2) is 4.79 Å². The zero-order valence-electron chi connectivity index (χ0n) is 10.7. The first-order chi connectivity index (χ1) is 8.99. The van der Waals surface area contributed by atoms with Crippen LogP contribution in [0.5, 0.6) is 0 Å². The molecule has 0 amide bonds. The summed E-state index contributed by atoms with van der Waals surface area (Å²) >= 11 is 0. The van der Waals surface area contributed by atoms with Gasteiger partial charge in [-0.05, 0) is 18.6 Å². The van der Waals surface area contributed by atoms with E-state index in [1.807, 2.05) is 24.1 Å². The fraction of sp³-hybridized carbons (Fsp3) is 0.385. The average molecular weight is 262 g/mol. The molecule has 1 aliphatic rings. The largest absolute Gasteiger partial charge is 0.481 e. The van der Waals surface area contributed by atoms with E-state index in [4.69, 9.17) is 9.52 Å². The summed E-state index contributed by atoms with van der Waals surface area (Å²) in [6.07, 6.45) is 0.655. The monoisotopic (exact) mass is 262 g/mol. The van der Waals surface area contributed by atoms with Crippen molar-refractivity contribution >= 4 is 22.8 Å². The molecule has 1 fully saturated rings. The molecule has 0 aliphatic heterocycles. The van der Waals surface area contributed by atoms with Crippen molar-refractivity contribution in [1.29, 1.82) is 0 Å². The number of rotatable bonds is 3. The van der Waals surface area contributed by atoms with E-state index in [9.17, 15) is 9.59 Å². The maximum atomic E-state index is 11.4. The van der Waals surface area contributed by atoms with Crippen molar-refractivity contribution < 1.29 is 14.3 Å². The summed E-state index contributed by atoms with van der Waals surface area (Å²) in [5.41, 5.74) is 2.10. The second-order valence-corrected chi connectivity index (χ2v) is 4.94. The number of hydrogen-bond acceptors (Lipinski definition) is 4. The van der Waals surface area contributed by atoms with Gasteiger partial charge in [0.15, 0.2) is 5.58 Å². The number of oxazole rings is 1. The van der Waals surface area contributed by atoms with Gasteiger partial charge in [0.2, 0.25) is 0 Å². The number of aliphatic carboxylic acids is 1. The molecule has 1 aliphatic carbocycles. The van der Waals surface area contributed by atoms with Gasteiger partial charge in [0, 0.05) is 31.9 Å². The molecular weight excluding hydrogens is 248 g/mol. The molecular formula is C13H14N2O4. The van der Waals surface area contributed by atoms with Crippen LogP contribution in [0.25, 0.3) is 11.1 Å². The fourth-order valence-electron chi connectivity index (χ4n) is 2.41. The Morgan fingerprint density at radius 2 is 2.26 bits per heavy atom. The first-order valence-electron chi connectivity index (χ1n) is 6.04. The number of carbonyl (C=O) groups is 1.